The third kappa shape index (κ3) is 5.35. The number of anilines is 1. The Balaban J connectivity index is 1.79. The van der Waals surface area contributed by atoms with Gasteiger partial charge in [0, 0.05) is 17.8 Å². The van der Waals surface area contributed by atoms with Crippen LogP contribution in [0.25, 0.3) is 0 Å². The molecule has 0 aliphatic heterocycles. The summed E-state index contributed by atoms with van der Waals surface area (Å²) in [6, 6.07) is 5.28. The summed E-state index contributed by atoms with van der Waals surface area (Å²) < 4.78 is 42.1. The molecule has 1 atom stereocenters. The van der Waals surface area contributed by atoms with Gasteiger partial charge in [-0.05, 0) is 36.8 Å². The molecular formula is C16H15F3N2O4. The molecule has 1 heterocycles. The lowest BCUT2D eigenvalue weighted by molar-refractivity contribution is -0.137. The van der Waals surface area contributed by atoms with Crippen LogP contribution in [0.1, 0.15) is 23.7 Å². The highest BCUT2D eigenvalue weighted by Gasteiger charge is 2.30. The van der Waals surface area contributed by atoms with Crippen molar-refractivity contribution in [3.8, 4) is 0 Å². The number of carbonyl (C=O) groups is 2. The molecule has 0 spiro atoms. The molecule has 2 aromatic rings. The number of rotatable bonds is 5. The molecule has 0 saturated carbocycles. The van der Waals surface area contributed by atoms with Gasteiger partial charge in [0.15, 0.2) is 0 Å². The first-order valence-electron chi connectivity index (χ1n) is 7.24. The second kappa shape index (κ2) is 7.84. The summed E-state index contributed by atoms with van der Waals surface area (Å²) in [7, 11) is 0. The molecule has 0 bridgehead atoms. The van der Waals surface area contributed by atoms with Crippen LogP contribution >= 0.6 is 0 Å². The first-order valence-corrected chi connectivity index (χ1v) is 7.24. The van der Waals surface area contributed by atoms with Crippen molar-refractivity contribution < 1.29 is 32.3 Å². The molecule has 25 heavy (non-hydrogen) atoms. The van der Waals surface area contributed by atoms with Crippen molar-refractivity contribution in [1.29, 1.82) is 0 Å². The summed E-state index contributed by atoms with van der Waals surface area (Å²) in [5, 5.41) is 14.3. The van der Waals surface area contributed by atoms with Crippen molar-refractivity contribution in [2.75, 3.05) is 11.9 Å². The number of nitrogens with one attached hydrogen (secondary N) is 2. The summed E-state index contributed by atoms with van der Waals surface area (Å²) in [5.74, 6) is -1.98. The van der Waals surface area contributed by atoms with E-state index in [9.17, 15) is 27.9 Å². The molecule has 0 aliphatic rings. The molecule has 6 nitrogen and oxygen atoms in total. The van der Waals surface area contributed by atoms with Gasteiger partial charge in [-0.15, -0.1) is 0 Å². The molecule has 0 aliphatic carbocycles. The van der Waals surface area contributed by atoms with Crippen molar-refractivity contribution in [1.82, 2.24) is 5.32 Å². The van der Waals surface area contributed by atoms with E-state index in [-0.39, 0.29) is 18.7 Å². The minimum Gasteiger partial charge on any atom is -0.472 e. The number of aliphatic hydroxyl groups excluding tert-OH is 1. The lowest BCUT2D eigenvalue weighted by Gasteiger charge is -2.10. The van der Waals surface area contributed by atoms with Gasteiger partial charge in [0.1, 0.15) is 0 Å². The summed E-state index contributed by atoms with van der Waals surface area (Å²) in [6.45, 7) is 0.0333. The standard InChI is InChI=1S/C16H15F3N2O4/c17-16(18,19)11-1-3-12(4-2-11)21-15(24)14(23)20-7-5-13(22)10-6-8-25-9-10/h1-4,6,8-9,13,22H,5,7H2,(H,20,23)(H,21,24). The van der Waals surface area contributed by atoms with Gasteiger partial charge < -0.3 is 20.2 Å². The topological polar surface area (TPSA) is 91.6 Å². The smallest absolute Gasteiger partial charge is 0.416 e. The van der Waals surface area contributed by atoms with Crippen LogP contribution in [0.4, 0.5) is 18.9 Å². The Morgan fingerprint density at radius 1 is 1.12 bits per heavy atom. The monoisotopic (exact) mass is 356 g/mol. The van der Waals surface area contributed by atoms with Crippen molar-refractivity contribution in [2.24, 2.45) is 0 Å². The highest BCUT2D eigenvalue weighted by atomic mass is 19.4. The fourth-order valence-electron chi connectivity index (χ4n) is 1.96. The molecule has 1 unspecified atom stereocenters. The molecule has 0 saturated heterocycles. The van der Waals surface area contributed by atoms with E-state index < -0.39 is 29.7 Å². The lowest BCUT2D eigenvalue weighted by Crippen LogP contribution is -2.36. The normalized spacial score (nSPS) is 12.5. The van der Waals surface area contributed by atoms with Crippen LogP contribution in [-0.4, -0.2) is 23.5 Å². The second-order valence-corrected chi connectivity index (χ2v) is 5.15. The van der Waals surface area contributed by atoms with E-state index in [0.717, 1.165) is 24.3 Å². The fraction of sp³-hybridized carbons (Fsp3) is 0.250. The Kier molecular flexibility index (Phi) is 5.81. The van der Waals surface area contributed by atoms with Crippen LogP contribution in [-0.2, 0) is 15.8 Å². The third-order valence-corrected chi connectivity index (χ3v) is 3.31. The van der Waals surface area contributed by atoms with Crippen LogP contribution < -0.4 is 10.6 Å². The van der Waals surface area contributed by atoms with Crippen LogP contribution in [0.5, 0.6) is 0 Å². The molecule has 134 valence electrons. The van der Waals surface area contributed by atoms with E-state index in [1.54, 1.807) is 6.07 Å². The van der Waals surface area contributed by atoms with Gasteiger partial charge in [-0.25, -0.2) is 0 Å². The number of hydrogen-bond donors (Lipinski definition) is 3. The van der Waals surface area contributed by atoms with E-state index in [1.165, 1.54) is 12.5 Å². The predicted molar refractivity (Wildman–Crippen MR) is 81.4 cm³/mol. The fourth-order valence-corrected chi connectivity index (χ4v) is 1.96. The summed E-state index contributed by atoms with van der Waals surface area (Å²) >= 11 is 0. The number of aliphatic hydroxyl groups is 1. The molecule has 2 rings (SSSR count). The molecule has 3 N–H and O–H groups in total. The van der Waals surface area contributed by atoms with E-state index in [2.05, 4.69) is 10.6 Å². The second-order valence-electron chi connectivity index (χ2n) is 5.15. The third-order valence-electron chi connectivity index (χ3n) is 3.31. The van der Waals surface area contributed by atoms with E-state index >= 15 is 0 Å². The first kappa shape index (κ1) is 18.5. The quantitative estimate of drug-likeness (QED) is 0.718. The minimum absolute atomic E-state index is 0.0333. The Bertz CT molecular complexity index is 712. The molecular weight excluding hydrogens is 341 g/mol. The van der Waals surface area contributed by atoms with Crippen LogP contribution in [0.15, 0.2) is 47.3 Å². The van der Waals surface area contributed by atoms with E-state index in [4.69, 9.17) is 4.42 Å². The van der Waals surface area contributed by atoms with Crippen molar-refractivity contribution >= 4 is 17.5 Å². The highest BCUT2D eigenvalue weighted by Crippen LogP contribution is 2.29. The number of alkyl halides is 3. The van der Waals surface area contributed by atoms with Gasteiger partial charge in [-0.2, -0.15) is 13.2 Å². The predicted octanol–water partition coefficient (Wildman–Crippen LogP) is 2.48. The van der Waals surface area contributed by atoms with Gasteiger partial charge in [0.25, 0.3) is 0 Å². The number of hydrogen-bond acceptors (Lipinski definition) is 4. The zero-order valence-corrected chi connectivity index (χ0v) is 12.8. The van der Waals surface area contributed by atoms with Crippen molar-refractivity contribution in [3.63, 3.8) is 0 Å². The van der Waals surface area contributed by atoms with Crippen LogP contribution in [0.3, 0.4) is 0 Å². The van der Waals surface area contributed by atoms with Gasteiger partial charge in [0.05, 0.1) is 24.2 Å². The van der Waals surface area contributed by atoms with Gasteiger partial charge in [0.2, 0.25) is 0 Å². The zero-order chi connectivity index (χ0) is 18.4. The molecule has 9 heteroatoms. The maximum Gasteiger partial charge on any atom is 0.416 e. The Hall–Kier alpha value is -2.81. The summed E-state index contributed by atoms with van der Waals surface area (Å²) in [6.07, 6.45) is -2.40. The SMILES string of the molecule is O=C(NCCC(O)c1ccoc1)C(=O)Nc1ccc(C(F)(F)F)cc1. The Morgan fingerprint density at radius 2 is 1.80 bits per heavy atom. The number of carbonyl (C=O) groups excluding carboxylic acids is 2. The van der Waals surface area contributed by atoms with Crippen molar-refractivity contribution in [2.45, 2.75) is 18.7 Å². The van der Waals surface area contributed by atoms with E-state index in [0.29, 0.717) is 5.56 Å². The summed E-state index contributed by atoms with van der Waals surface area (Å²) in [5.41, 5.74) is -0.252. The Labute approximate surface area is 140 Å². The van der Waals surface area contributed by atoms with Gasteiger partial charge in [-0.1, -0.05) is 0 Å². The average molecular weight is 356 g/mol. The van der Waals surface area contributed by atoms with E-state index in [1.807, 2.05) is 0 Å². The molecule has 1 aromatic carbocycles. The van der Waals surface area contributed by atoms with Crippen LogP contribution in [0, 0.1) is 0 Å². The molecule has 2 amide bonds. The highest BCUT2D eigenvalue weighted by molar-refractivity contribution is 6.39. The first-order chi connectivity index (χ1) is 11.8. The number of furan rings is 1. The minimum atomic E-state index is -4.48. The number of halogens is 3. The Morgan fingerprint density at radius 3 is 2.36 bits per heavy atom. The summed E-state index contributed by atoms with van der Waals surface area (Å²) in [4.78, 5) is 23.3. The maximum absolute atomic E-state index is 12.4. The van der Waals surface area contributed by atoms with Gasteiger partial charge in [-0.3, -0.25) is 9.59 Å². The molecule has 0 radical (unpaired) electrons. The van der Waals surface area contributed by atoms with Crippen LogP contribution in [0.2, 0.25) is 0 Å². The average Bonchev–Trinajstić information content (AvgIpc) is 3.08. The van der Waals surface area contributed by atoms with Crippen molar-refractivity contribution in [3.05, 3.63) is 54.0 Å². The largest absolute Gasteiger partial charge is 0.472 e. The number of amides is 2. The molecule has 1 aromatic heterocycles. The maximum atomic E-state index is 12.4. The lowest BCUT2D eigenvalue weighted by atomic mass is 10.1. The van der Waals surface area contributed by atoms with Gasteiger partial charge >= 0.3 is 18.0 Å². The molecule has 0 fully saturated rings. The number of benzene rings is 1. The zero-order valence-electron chi connectivity index (χ0n) is 12.8.